The van der Waals surface area contributed by atoms with E-state index in [1.165, 1.54) is 12.8 Å². The van der Waals surface area contributed by atoms with E-state index in [2.05, 4.69) is 31.0 Å². The van der Waals surface area contributed by atoms with Gasteiger partial charge in [0.2, 0.25) is 0 Å². The van der Waals surface area contributed by atoms with Crippen molar-refractivity contribution in [3.8, 4) is 0 Å². The number of nitrogens with zero attached hydrogens (tertiary/aromatic N) is 2. The van der Waals surface area contributed by atoms with Gasteiger partial charge in [0.25, 0.3) is 0 Å². The molecule has 142 valence electrons. The lowest BCUT2D eigenvalue weighted by molar-refractivity contribution is 0.156. The number of aliphatic hydroxyl groups excluding tert-OH is 1. The summed E-state index contributed by atoms with van der Waals surface area (Å²) in [7, 11) is 0. The topological polar surface area (TPSA) is 57.1 Å². The summed E-state index contributed by atoms with van der Waals surface area (Å²) in [5.74, 6) is 1.04. The van der Waals surface area contributed by atoms with E-state index >= 15 is 0 Å². The Kier molecular flexibility index (Phi) is 9.30. The third kappa shape index (κ3) is 5.21. The van der Waals surface area contributed by atoms with Crippen molar-refractivity contribution in [1.82, 2.24) is 10.2 Å². The SMILES string of the molecule is CCNC(=NCC(CC)(CC)CCO)N1CCC2(CCOC2)C1.I. The van der Waals surface area contributed by atoms with E-state index in [-0.39, 0.29) is 36.0 Å². The first-order chi connectivity index (χ1) is 11.1. The number of hydrogen-bond donors (Lipinski definition) is 2. The summed E-state index contributed by atoms with van der Waals surface area (Å²) in [5, 5.41) is 12.9. The van der Waals surface area contributed by atoms with Crippen LogP contribution in [0.1, 0.15) is 52.9 Å². The molecule has 0 aromatic carbocycles. The van der Waals surface area contributed by atoms with Crippen LogP contribution in [0.5, 0.6) is 0 Å². The Labute approximate surface area is 164 Å². The molecule has 0 saturated carbocycles. The van der Waals surface area contributed by atoms with Crippen molar-refractivity contribution < 1.29 is 9.84 Å². The van der Waals surface area contributed by atoms with Crippen molar-refractivity contribution >= 4 is 29.9 Å². The molecule has 2 aliphatic heterocycles. The number of rotatable bonds is 7. The molecule has 1 atom stereocenters. The van der Waals surface area contributed by atoms with Gasteiger partial charge in [-0.05, 0) is 44.4 Å². The number of nitrogens with one attached hydrogen (secondary N) is 1. The normalized spacial score (nSPS) is 24.5. The van der Waals surface area contributed by atoms with Crippen molar-refractivity contribution in [2.24, 2.45) is 15.8 Å². The third-order valence-corrected chi connectivity index (χ3v) is 5.96. The van der Waals surface area contributed by atoms with Crippen LogP contribution in [0.15, 0.2) is 4.99 Å². The quantitative estimate of drug-likeness (QED) is 0.354. The summed E-state index contributed by atoms with van der Waals surface area (Å²) in [6, 6.07) is 0. The van der Waals surface area contributed by atoms with Gasteiger partial charge >= 0.3 is 0 Å². The van der Waals surface area contributed by atoms with E-state index in [9.17, 15) is 5.11 Å². The molecule has 0 radical (unpaired) electrons. The first kappa shape index (κ1) is 22.0. The number of likely N-dealkylation sites (tertiary alicyclic amines) is 1. The Morgan fingerprint density at radius 3 is 2.58 bits per heavy atom. The van der Waals surface area contributed by atoms with Crippen LogP contribution in [0, 0.1) is 10.8 Å². The first-order valence-electron chi connectivity index (χ1n) is 9.34. The molecule has 2 aliphatic rings. The smallest absolute Gasteiger partial charge is 0.193 e. The Hall–Kier alpha value is -0.0800. The number of ether oxygens (including phenoxy) is 1. The molecule has 2 N–H and O–H groups in total. The molecule has 0 aliphatic carbocycles. The van der Waals surface area contributed by atoms with E-state index in [0.717, 1.165) is 64.6 Å². The highest BCUT2D eigenvalue weighted by molar-refractivity contribution is 14.0. The molecule has 6 heteroatoms. The molecular weight excluding hydrogens is 417 g/mol. The summed E-state index contributed by atoms with van der Waals surface area (Å²) >= 11 is 0. The highest BCUT2D eigenvalue weighted by atomic mass is 127. The van der Waals surface area contributed by atoms with Gasteiger partial charge in [0.15, 0.2) is 5.96 Å². The molecule has 24 heavy (non-hydrogen) atoms. The van der Waals surface area contributed by atoms with Crippen LogP contribution in [0.2, 0.25) is 0 Å². The zero-order valence-corrected chi connectivity index (χ0v) is 18.0. The highest BCUT2D eigenvalue weighted by Crippen LogP contribution is 2.38. The number of guanidine groups is 1. The van der Waals surface area contributed by atoms with Crippen LogP contribution in [-0.2, 0) is 4.74 Å². The van der Waals surface area contributed by atoms with Crippen LogP contribution in [-0.4, -0.2) is 62.0 Å². The van der Waals surface area contributed by atoms with Crippen LogP contribution < -0.4 is 5.32 Å². The maximum Gasteiger partial charge on any atom is 0.193 e. The molecule has 2 rings (SSSR count). The summed E-state index contributed by atoms with van der Waals surface area (Å²) in [4.78, 5) is 7.37. The molecule has 1 unspecified atom stereocenters. The lowest BCUT2D eigenvalue weighted by atomic mass is 9.79. The van der Waals surface area contributed by atoms with E-state index in [1.54, 1.807) is 0 Å². The van der Waals surface area contributed by atoms with Gasteiger partial charge in [-0.3, -0.25) is 4.99 Å². The fourth-order valence-electron chi connectivity index (χ4n) is 3.90. The maximum absolute atomic E-state index is 9.40. The predicted molar refractivity (Wildman–Crippen MR) is 110 cm³/mol. The van der Waals surface area contributed by atoms with E-state index in [4.69, 9.17) is 9.73 Å². The second-order valence-corrected chi connectivity index (χ2v) is 7.33. The highest BCUT2D eigenvalue weighted by Gasteiger charge is 2.42. The Bertz CT molecular complexity index is 394. The van der Waals surface area contributed by atoms with Gasteiger partial charge in [-0.2, -0.15) is 0 Å². The third-order valence-electron chi connectivity index (χ3n) is 5.96. The maximum atomic E-state index is 9.40. The Morgan fingerprint density at radius 1 is 1.29 bits per heavy atom. The van der Waals surface area contributed by atoms with Crippen LogP contribution >= 0.6 is 24.0 Å². The fraction of sp³-hybridized carbons (Fsp3) is 0.944. The predicted octanol–water partition coefficient (Wildman–Crippen LogP) is 2.87. The van der Waals surface area contributed by atoms with Crippen molar-refractivity contribution in [2.45, 2.75) is 52.9 Å². The summed E-state index contributed by atoms with van der Waals surface area (Å²) in [6.07, 6.45) is 5.35. The van der Waals surface area contributed by atoms with E-state index in [0.29, 0.717) is 5.41 Å². The largest absolute Gasteiger partial charge is 0.396 e. The summed E-state index contributed by atoms with van der Waals surface area (Å²) in [5.41, 5.74) is 0.483. The van der Waals surface area contributed by atoms with Crippen LogP contribution in [0.3, 0.4) is 0 Å². The molecule has 0 amide bonds. The van der Waals surface area contributed by atoms with Crippen LogP contribution in [0.4, 0.5) is 0 Å². The molecular formula is C18H36IN3O2. The minimum atomic E-state index is 0. The molecule has 1 spiro atoms. The number of halogens is 1. The lowest BCUT2D eigenvalue weighted by Gasteiger charge is -2.31. The van der Waals surface area contributed by atoms with Gasteiger partial charge in [-0.1, -0.05) is 13.8 Å². The Morgan fingerprint density at radius 2 is 2.04 bits per heavy atom. The van der Waals surface area contributed by atoms with Crippen LogP contribution in [0.25, 0.3) is 0 Å². The fourth-order valence-corrected chi connectivity index (χ4v) is 3.90. The number of hydrogen-bond acceptors (Lipinski definition) is 3. The van der Waals surface area contributed by atoms with Crippen molar-refractivity contribution in [1.29, 1.82) is 0 Å². The lowest BCUT2D eigenvalue weighted by Crippen LogP contribution is -2.42. The number of aliphatic hydroxyl groups is 1. The minimum Gasteiger partial charge on any atom is -0.396 e. The monoisotopic (exact) mass is 453 g/mol. The van der Waals surface area contributed by atoms with Gasteiger partial charge in [0, 0.05) is 44.8 Å². The van der Waals surface area contributed by atoms with Gasteiger partial charge in [0.1, 0.15) is 0 Å². The minimum absolute atomic E-state index is 0. The van der Waals surface area contributed by atoms with Crippen molar-refractivity contribution in [2.75, 3.05) is 46.0 Å². The standard InChI is InChI=1S/C18H35N3O2.HI/c1-4-17(5-2,8-11-22)13-20-16(19-6-3)21-10-7-18(14-21)9-12-23-15-18;/h22H,4-15H2,1-3H3,(H,19,20);1H. The molecule has 2 saturated heterocycles. The van der Waals surface area contributed by atoms with Gasteiger partial charge in [-0.25, -0.2) is 0 Å². The molecule has 2 heterocycles. The molecule has 0 bridgehead atoms. The zero-order chi connectivity index (χ0) is 16.8. The summed E-state index contributed by atoms with van der Waals surface area (Å²) < 4.78 is 5.64. The van der Waals surface area contributed by atoms with E-state index in [1.807, 2.05) is 0 Å². The second-order valence-electron chi connectivity index (χ2n) is 7.33. The Balaban J connectivity index is 0.00000288. The molecule has 2 fully saturated rings. The van der Waals surface area contributed by atoms with Gasteiger partial charge < -0.3 is 20.1 Å². The summed E-state index contributed by atoms with van der Waals surface area (Å²) in [6.45, 7) is 12.4. The van der Waals surface area contributed by atoms with E-state index < -0.39 is 0 Å². The average Bonchev–Trinajstić information content (AvgIpc) is 3.20. The molecule has 0 aromatic rings. The zero-order valence-electron chi connectivity index (χ0n) is 15.6. The van der Waals surface area contributed by atoms with Gasteiger partial charge in [0.05, 0.1) is 6.61 Å². The first-order valence-corrected chi connectivity index (χ1v) is 9.34. The average molecular weight is 453 g/mol. The number of aliphatic imine (C=N–C) groups is 1. The molecule has 5 nitrogen and oxygen atoms in total. The molecule has 0 aromatic heterocycles. The van der Waals surface area contributed by atoms with Crippen molar-refractivity contribution in [3.05, 3.63) is 0 Å². The van der Waals surface area contributed by atoms with Gasteiger partial charge in [-0.15, -0.1) is 24.0 Å². The second kappa shape index (κ2) is 10.2. The van der Waals surface area contributed by atoms with Crippen molar-refractivity contribution in [3.63, 3.8) is 0 Å².